The van der Waals surface area contributed by atoms with Crippen LogP contribution < -0.4 is 14.4 Å². The average Bonchev–Trinajstić information content (AvgIpc) is 3.41. The molecule has 4 aromatic rings. The molecule has 9 heteroatoms. The van der Waals surface area contributed by atoms with Crippen molar-refractivity contribution in [3.05, 3.63) is 124 Å². The first kappa shape index (κ1) is 34.1. The molecule has 0 bridgehead atoms. The summed E-state index contributed by atoms with van der Waals surface area (Å²) in [5.41, 5.74) is 5.40. The van der Waals surface area contributed by atoms with Crippen molar-refractivity contribution in [2.75, 3.05) is 51.3 Å². The predicted octanol–water partition coefficient (Wildman–Crippen LogP) is 7.59. The number of hydrogen-bond acceptors (Lipinski definition) is 7. The molecule has 254 valence electrons. The number of rotatable bonds is 14. The lowest BCUT2D eigenvalue weighted by Crippen LogP contribution is -2.47. The minimum absolute atomic E-state index is 0.261. The van der Waals surface area contributed by atoms with Crippen LogP contribution in [-0.2, 0) is 22.6 Å². The summed E-state index contributed by atoms with van der Waals surface area (Å²) >= 11 is 6.16. The Morgan fingerprint density at radius 2 is 1.53 bits per heavy atom. The molecule has 0 radical (unpaired) electrons. The van der Waals surface area contributed by atoms with E-state index in [9.17, 15) is 9.59 Å². The fourth-order valence-corrected chi connectivity index (χ4v) is 6.35. The van der Waals surface area contributed by atoms with Gasteiger partial charge in [-0.05, 0) is 78.4 Å². The number of amides is 2. The fourth-order valence-electron chi connectivity index (χ4n) is 6.17. The number of imide groups is 1. The number of carbonyl (C=O) groups excluding carboxylic acids is 2. The molecule has 1 unspecified atom stereocenters. The van der Waals surface area contributed by atoms with E-state index < -0.39 is 12.2 Å². The molecule has 0 aromatic heterocycles. The van der Waals surface area contributed by atoms with Crippen LogP contribution in [0, 0.1) is 0 Å². The van der Waals surface area contributed by atoms with Crippen molar-refractivity contribution in [2.24, 2.45) is 0 Å². The summed E-state index contributed by atoms with van der Waals surface area (Å²) in [6, 6.07) is 32.1. The first-order valence-electron chi connectivity index (χ1n) is 16.8. The third-order valence-corrected chi connectivity index (χ3v) is 9.21. The molecule has 0 saturated carbocycles. The molecule has 4 aromatic carbocycles. The number of nitrogens with zero attached hydrogens (tertiary/aromatic N) is 3. The zero-order chi connectivity index (χ0) is 34.0. The van der Waals surface area contributed by atoms with Crippen molar-refractivity contribution in [1.29, 1.82) is 0 Å². The van der Waals surface area contributed by atoms with Crippen molar-refractivity contribution in [2.45, 2.75) is 32.0 Å². The second kappa shape index (κ2) is 16.5. The third-order valence-electron chi connectivity index (χ3n) is 8.97. The van der Waals surface area contributed by atoms with Crippen molar-refractivity contribution in [1.82, 2.24) is 9.80 Å². The van der Waals surface area contributed by atoms with E-state index in [0.717, 1.165) is 65.7 Å². The molecule has 0 N–H and O–H groups in total. The van der Waals surface area contributed by atoms with Crippen LogP contribution in [-0.4, -0.2) is 74.3 Å². The zero-order valence-electron chi connectivity index (χ0n) is 27.8. The Morgan fingerprint density at radius 1 is 0.796 bits per heavy atom. The van der Waals surface area contributed by atoms with Gasteiger partial charge in [0.05, 0.1) is 7.11 Å². The normalized spacial score (nSPS) is 16.7. The quantitative estimate of drug-likeness (QED) is 0.127. The van der Waals surface area contributed by atoms with Gasteiger partial charge in [0.1, 0.15) is 6.61 Å². The Balaban J connectivity index is 0.947. The molecule has 2 fully saturated rings. The Morgan fingerprint density at radius 3 is 2.27 bits per heavy atom. The topological polar surface area (TPSA) is 71.6 Å². The second-order valence-electron chi connectivity index (χ2n) is 12.3. The standard InChI is InChI=1S/C40H42ClN3O5/c1-47-36-19-17-32(27-38(36)48-29-33-15-13-31(14-16-33)12-11-30-7-3-2-4-8-30)18-20-37-39(45)44(40(46)49-37)22-6-21-42-23-25-43(26-24-42)35-10-5-9-34(41)28-35/h2-5,7-17,19,27-28,37H,6,18,20-26,29H2,1H3/b12-11+. The maximum Gasteiger partial charge on any atom is 0.417 e. The number of aryl methyl sites for hydroxylation is 1. The van der Waals surface area contributed by atoms with Gasteiger partial charge < -0.3 is 19.1 Å². The van der Waals surface area contributed by atoms with Gasteiger partial charge in [0.25, 0.3) is 5.91 Å². The minimum atomic E-state index is -0.783. The van der Waals surface area contributed by atoms with Crippen molar-refractivity contribution >= 4 is 41.4 Å². The van der Waals surface area contributed by atoms with Crippen LogP contribution in [0.5, 0.6) is 11.5 Å². The molecule has 2 heterocycles. The highest BCUT2D eigenvalue weighted by Crippen LogP contribution is 2.30. The summed E-state index contributed by atoms with van der Waals surface area (Å²) in [6.07, 6.45) is 4.50. The predicted molar refractivity (Wildman–Crippen MR) is 194 cm³/mol. The highest BCUT2D eigenvalue weighted by Gasteiger charge is 2.39. The van der Waals surface area contributed by atoms with Crippen molar-refractivity contribution in [3.8, 4) is 11.5 Å². The van der Waals surface area contributed by atoms with Gasteiger partial charge in [-0.2, -0.15) is 0 Å². The van der Waals surface area contributed by atoms with E-state index in [1.165, 1.54) is 4.90 Å². The monoisotopic (exact) mass is 679 g/mol. The zero-order valence-corrected chi connectivity index (χ0v) is 28.6. The summed E-state index contributed by atoms with van der Waals surface area (Å²) in [4.78, 5) is 31.7. The van der Waals surface area contributed by atoms with Gasteiger partial charge in [-0.3, -0.25) is 9.69 Å². The molecular weight excluding hydrogens is 638 g/mol. The summed E-state index contributed by atoms with van der Waals surface area (Å²) < 4.78 is 17.2. The van der Waals surface area contributed by atoms with Crippen LogP contribution in [0.3, 0.4) is 0 Å². The summed E-state index contributed by atoms with van der Waals surface area (Å²) in [7, 11) is 1.61. The van der Waals surface area contributed by atoms with Crippen molar-refractivity contribution < 1.29 is 23.8 Å². The van der Waals surface area contributed by atoms with Gasteiger partial charge in [0, 0.05) is 43.4 Å². The van der Waals surface area contributed by atoms with Gasteiger partial charge in [-0.25, -0.2) is 9.69 Å². The van der Waals surface area contributed by atoms with Crippen LogP contribution in [0.4, 0.5) is 10.5 Å². The molecule has 2 aliphatic heterocycles. The molecule has 0 spiro atoms. The lowest BCUT2D eigenvalue weighted by molar-refractivity contribution is -0.129. The molecule has 2 saturated heterocycles. The molecular formula is C40H42ClN3O5. The molecule has 8 nitrogen and oxygen atoms in total. The summed E-state index contributed by atoms with van der Waals surface area (Å²) in [6.45, 7) is 5.20. The number of cyclic esters (lactones) is 1. The average molecular weight is 680 g/mol. The van der Waals surface area contributed by atoms with Crippen molar-refractivity contribution in [3.63, 3.8) is 0 Å². The van der Waals surface area contributed by atoms with E-state index in [0.29, 0.717) is 43.9 Å². The number of methoxy groups -OCH3 is 1. The van der Waals surface area contributed by atoms with Crippen LogP contribution in [0.1, 0.15) is 35.1 Å². The lowest BCUT2D eigenvalue weighted by atomic mass is 10.1. The Labute approximate surface area is 293 Å². The molecule has 0 aliphatic carbocycles. The van der Waals surface area contributed by atoms with Gasteiger partial charge in [0.15, 0.2) is 17.6 Å². The van der Waals surface area contributed by atoms with Crippen LogP contribution in [0.15, 0.2) is 97.1 Å². The lowest BCUT2D eigenvalue weighted by Gasteiger charge is -2.36. The van der Waals surface area contributed by atoms with E-state index in [-0.39, 0.29) is 5.91 Å². The van der Waals surface area contributed by atoms with E-state index >= 15 is 0 Å². The number of halogens is 1. The Hall–Kier alpha value is -4.79. The maximum absolute atomic E-state index is 13.1. The van der Waals surface area contributed by atoms with Gasteiger partial charge in [-0.1, -0.05) is 90.5 Å². The summed E-state index contributed by atoms with van der Waals surface area (Å²) in [5.74, 6) is 0.993. The van der Waals surface area contributed by atoms with Gasteiger partial charge in [0.2, 0.25) is 0 Å². The van der Waals surface area contributed by atoms with Gasteiger partial charge >= 0.3 is 6.09 Å². The van der Waals surface area contributed by atoms with E-state index in [4.69, 9.17) is 25.8 Å². The maximum atomic E-state index is 13.1. The van der Waals surface area contributed by atoms with E-state index in [1.807, 2.05) is 54.6 Å². The van der Waals surface area contributed by atoms with Gasteiger partial charge in [-0.15, -0.1) is 0 Å². The molecule has 49 heavy (non-hydrogen) atoms. The molecule has 1 atom stereocenters. The number of carbonyl (C=O) groups is 2. The fraction of sp³-hybridized carbons (Fsp3) is 0.300. The Bertz CT molecular complexity index is 1740. The number of hydrogen-bond donors (Lipinski definition) is 0. The largest absolute Gasteiger partial charge is 0.493 e. The minimum Gasteiger partial charge on any atom is -0.493 e. The second-order valence-corrected chi connectivity index (χ2v) is 12.8. The van der Waals surface area contributed by atoms with Crippen LogP contribution in [0.2, 0.25) is 5.02 Å². The number of benzene rings is 4. The number of anilines is 1. The molecule has 2 amide bonds. The summed E-state index contributed by atoms with van der Waals surface area (Å²) in [5, 5.41) is 0.740. The molecule has 2 aliphatic rings. The first-order valence-corrected chi connectivity index (χ1v) is 17.2. The first-order chi connectivity index (χ1) is 23.9. The number of piperazine rings is 1. The Kier molecular flexibility index (Phi) is 11.5. The van der Waals surface area contributed by atoms with Crippen LogP contribution in [0.25, 0.3) is 12.2 Å². The van der Waals surface area contributed by atoms with E-state index in [1.54, 1.807) is 7.11 Å². The smallest absolute Gasteiger partial charge is 0.417 e. The molecule has 6 rings (SSSR count). The third kappa shape index (κ3) is 9.22. The SMILES string of the molecule is COc1ccc(CCC2OC(=O)N(CCCN3CCN(c4cccc(Cl)c4)CC3)C2=O)cc1OCc1ccc(/C=C/c2ccccc2)cc1. The number of ether oxygens (including phenoxy) is 3. The highest BCUT2D eigenvalue weighted by molar-refractivity contribution is 6.30. The highest BCUT2D eigenvalue weighted by atomic mass is 35.5. The van der Waals surface area contributed by atoms with Crippen LogP contribution >= 0.6 is 11.6 Å². The van der Waals surface area contributed by atoms with E-state index in [2.05, 4.69) is 64.4 Å².